The molecule has 274 valence electrons. The summed E-state index contributed by atoms with van der Waals surface area (Å²) < 4.78 is 0. The van der Waals surface area contributed by atoms with Crippen LogP contribution in [-0.4, -0.2) is 63.1 Å². The predicted molar refractivity (Wildman–Crippen MR) is 215 cm³/mol. The zero-order chi connectivity index (χ0) is 36.9. The van der Waals surface area contributed by atoms with Crippen LogP contribution >= 0.6 is 0 Å². The van der Waals surface area contributed by atoms with Gasteiger partial charge in [0.25, 0.3) is 0 Å². The van der Waals surface area contributed by atoms with Gasteiger partial charge in [0.15, 0.2) is 0 Å². The minimum absolute atomic E-state index is 0.0141. The Labute approximate surface area is 300 Å². The highest BCUT2D eigenvalue weighted by atomic mass is 15.2. The summed E-state index contributed by atoms with van der Waals surface area (Å²) in [5.41, 5.74) is 16.5. The van der Waals surface area contributed by atoms with E-state index in [0.717, 1.165) is 68.2 Å². The second-order valence-corrected chi connectivity index (χ2v) is 13.1. The number of nitrogens with zero attached hydrogens (tertiary/aromatic N) is 1. The third-order valence-corrected chi connectivity index (χ3v) is 7.51. The molecule has 0 bridgehead atoms. The fourth-order valence-corrected chi connectivity index (χ4v) is 4.98. The molecule has 0 aliphatic carbocycles. The first kappa shape index (κ1) is 45.0. The van der Waals surface area contributed by atoms with Crippen LogP contribution in [-0.2, 0) is 6.42 Å². The molecule has 2 aromatic rings. The highest BCUT2D eigenvalue weighted by molar-refractivity contribution is 5.46. The van der Waals surface area contributed by atoms with Crippen molar-refractivity contribution in [3.63, 3.8) is 0 Å². The maximum Gasteiger partial charge on any atom is 0.0765 e. The van der Waals surface area contributed by atoms with E-state index in [4.69, 9.17) is 11.1 Å². The summed E-state index contributed by atoms with van der Waals surface area (Å²) >= 11 is 0. The summed E-state index contributed by atoms with van der Waals surface area (Å²) in [7, 11) is 2.00. The molecule has 1 aliphatic rings. The Bertz CT molecular complexity index is 1150. The Balaban J connectivity index is 0.00000137. The standard InChI is InChI=1S/C29H48N6.C7H8.C4H10.CH4N2/c1-23(21-30)33-29(20-27-14-9-8-10-15-27)25(3)32-22-24(2)34-28(16-13-17-31-5)26(4)35-18-11-6-7-12-19-35;1-7-5-3-2-4-6-7;1-4(2)3;2-1-3/h8-10,14-15,28-29,31-34H,1-4,6-7,11-13,16-22,30H2,5H3;2-6H,1H3;4H,1-3H3;1H,(H3,2,3). The van der Waals surface area contributed by atoms with Crippen molar-refractivity contribution in [2.45, 2.75) is 84.7 Å². The highest BCUT2D eigenvalue weighted by Crippen LogP contribution is 2.19. The van der Waals surface area contributed by atoms with Crippen LogP contribution < -0.4 is 32.7 Å². The minimum Gasteiger partial charge on any atom is -0.390 e. The molecule has 0 aromatic heterocycles. The van der Waals surface area contributed by atoms with Gasteiger partial charge in [-0.05, 0) is 64.1 Å². The maximum atomic E-state index is 5.86. The van der Waals surface area contributed by atoms with Crippen molar-refractivity contribution in [2.75, 3.05) is 39.8 Å². The zero-order valence-corrected chi connectivity index (χ0v) is 31.5. The molecule has 1 saturated heterocycles. The number of hydrogen-bond acceptors (Lipinski definition) is 7. The Hall–Kier alpha value is -4.01. The van der Waals surface area contributed by atoms with Gasteiger partial charge in [0, 0.05) is 42.4 Å². The first-order valence-electron chi connectivity index (χ1n) is 17.8. The smallest absolute Gasteiger partial charge is 0.0765 e. The van der Waals surface area contributed by atoms with E-state index < -0.39 is 0 Å². The average molecular weight is 675 g/mol. The first-order chi connectivity index (χ1) is 23.5. The van der Waals surface area contributed by atoms with Crippen molar-refractivity contribution in [1.29, 1.82) is 5.41 Å². The Morgan fingerprint density at radius 1 is 0.857 bits per heavy atom. The SMILES string of the molecule is C=C(CN)NC(Cc1ccccc1)C(=C)NCC(=C)NC(CCCNC)C(=C)N1CCCCCC1.CC(C)C.Cc1ccccc1.N=CN. The van der Waals surface area contributed by atoms with Crippen molar-refractivity contribution < 1.29 is 0 Å². The molecule has 1 fully saturated rings. The van der Waals surface area contributed by atoms with Crippen LogP contribution in [0.2, 0.25) is 0 Å². The van der Waals surface area contributed by atoms with Crippen molar-refractivity contribution in [3.8, 4) is 0 Å². The molecule has 0 radical (unpaired) electrons. The number of likely N-dealkylation sites (tertiary alicyclic amines) is 1. The second kappa shape index (κ2) is 29.0. The van der Waals surface area contributed by atoms with Gasteiger partial charge in [-0.15, -0.1) is 0 Å². The van der Waals surface area contributed by atoms with Crippen LogP contribution in [0.4, 0.5) is 0 Å². The van der Waals surface area contributed by atoms with Gasteiger partial charge < -0.3 is 37.6 Å². The van der Waals surface area contributed by atoms with Gasteiger partial charge in [-0.25, -0.2) is 0 Å². The monoisotopic (exact) mass is 675 g/mol. The molecule has 0 saturated carbocycles. The maximum absolute atomic E-state index is 5.86. The Morgan fingerprint density at radius 2 is 1.37 bits per heavy atom. The zero-order valence-electron chi connectivity index (χ0n) is 31.5. The molecule has 49 heavy (non-hydrogen) atoms. The van der Waals surface area contributed by atoms with Gasteiger partial charge in [-0.1, -0.05) is 126 Å². The van der Waals surface area contributed by atoms with Gasteiger partial charge in [0.05, 0.1) is 25.0 Å². The normalized spacial score (nSPS) is 13.2. The van der Waals surface area contributed by atoms with E-state index in [1.54, 1.807) is 0 Å². The van der Waals surface area contributed by atoms with E-state index in [9.17, 15) is 0 Å². The van der Waals surface area contributed by atoms with E-state index in [2.05, 4.69) is 122 Å². The third kappa shape index (κ3) is 23.9. The lowest BCUT2D eigenvalue weighted by atomic mass is 10.0. The van der Waals surface area contributed by atoms with E-state index >= 15 is 0 Å². The fraction of sp³-hybridized carbons (Fsp3) is 0.488. The molecule has 1 aliphatic heterocycles. The molecule has 8 nitrogen and oxygen atoms in total. The lowest BCUT2D eigenvalue weighted by Crippen LogP contribution is -2.42. The van der Waals surface area contributed by atoms with Crippen molar-refractivity contribution >= 4 is 6.34 Å². The van der Waals surface area contributed by atoms with Crippen molar-refractivity contribution in [2.24, 2.45) is 17.4 Å². The Kier molecular flexibility index (Phi) is 26.6. The lowest BCUT2D eigenvalue weighted by Gasteiger charge is -2.33. The minimum atomic E-state index is -0.0141. The molecule has 9 N–H and O–H groups in total. The number of aryl methyl sites for hydroxylation is 1. The summed E-state index contributed by atoms with van der Waals surface area (Å²) in [6.45, 7) is 29.9. The second-order valence-electron chi connectivity index (χ2n) is 13.1. The van der Waals surface area contributed by atoms with Gasteiger partial charge in [-0.2, -0.15) is 0 Å². The van der Waals surface area contributed by atoms with Gasteiger partial charge >= 0.3 is 0 Å². The van der Waals surface area contributed by atoms with Crippen LogP contribution in [0.5, 0.6) is 0 Å². The van der Waals surface area contributed by atoms with Crippen molar-refractivity contribution in [3.05, 3.63) is 121 Å². The van der Waals surface area contributed by atoms with Crippen LogP contribution in [0.15, 0.2) is 110 Å². The fourth-order valence-electron chi connectivity index (χ4n) is 4.98. The molecule has 2 aromatic carbocycles. The molecule has 0 spiro atoms. The quantitative estimate of drug-likeness (QED) is 0.0557. The third-order valence-electron chi connectivity index (χ3n) is 7.51. The van der Waals surface area contributed by atoms with E-state index in [-0.39, 0.29) is 12.1 Å². The molecule has 2 atom stereocenters. The molecular formula is C41H70N8. The average Bonchev–Trinajstić information content (AvgIpc) is 3.37. The van der Waals surface area contributed by atoms with Crippen LogP contribution in [0.3, 0.4) is 0 Å². The molecule has 8 heteroatoms. The van der Waals surface area contributed by atoms with Gasteiger partial charge in [0.2, 0.25) is 0 Å². The topological polar surface area (TPSA) is 127 Å². The van der Waals surface area contributed by atoms with E-state index in [1.807, 2.05) is 31.3 Å². The van der Waals surface area contributed by atoms with Crippen molar-refractivity contribution in [1.82, 2.24) is 26.2 Å². The Morgan fingerprint density at radius 3 is 1.84 bits per heavy atom. The molecule has 2 unspecified atom stereocenters. The highest BCUT2D eigenvalue weighted by Gasteiger charge is 2.20. The van der Waals surface area contributed by atoms with Gasteiger partial charge in [-0.3, -0.25) is 5.41 Å². The summed E-state index contributed by atoms with van der Waals surface area (Å²) in [6, 6.07) is 20.8. The van der Waals surface area contributed by atoms with E-state index in [0.29, 0.717) is 13.1 Å². The number of benzene rings is 2. The van der Waals surface area contributed by atoms with Crippen LogP contribution in [0.1, 0.15) is 70.4 Å². The lowest BCUT2D eigenvalue weighted by molar-refractivity contribution is 0.317. The molecular weight excluding hydrogens is 605 g/mol. The number of nitrogens with one attached hydrogen (secondary N) is 5. The van der Waals surface area contributed by atoms with Crippen LogP contribution in [0, 0.1) is 18.3 Å². The number of rotatable bonds is 17. The molecule has 3 rings (SSSR count). The summed E-state index contributed by atoms with van der Waals surface area (Å²) in [5.74, 6) is 0.833. The van der Waals surface area contributed by atoms with Crippen LogP contribution in [0.25, 0.3) is 0 Å². The molecule has 0 amide bonds. The summed E-state index contributed by atoms with van der Waals surface area (Å²) in [5, 5.41) is 19.7. The number of hydrogen-bond donors (Lipinski definition) is 7. The van der Waals surface area contributed by atoms with Gasteiger partial charge in [0.1, 0.15) is 0 Å². The molecule has 1 heterocycles. The largest absolute Gasteiger partial charge is 0.390 e. The first-order valence-corrected chi connectivity index (χ1v) is 17.8. The summed E-state index contributed by atoms with van der Waals surface area (Å²) in [6.07, 6.45) is 8.76. The number of nitrogens with two attached hydrogens (primary N) is 2. The summed E-state index contributed by atoms with van der Waals surface area (Å²) in [4.78, 5) is 2.47. The predicted octanol–water partition coefficient (Wildman–Crippen LogP) is 6.83. The van der Waals surface area contributed by atoms with E-state index in [1.165, 1.54) is 42.5 Å².